The summed E-state index contributed by atoms with van der Waals surface area (Å²) < 4.78 is 1.27. The van der Waals surface area contributed by atoms with Gasteiger partial charge in [0, 0.05) is 0 Å². The number of carbonyl (C=O) groups is 3. The van der Waals surface area contributed by atoms with Crippen molar-refractivity contribution in [2.45, 2.75) is 12.5 Å². The first-order valence-corrected chi connectivity index (χ1v) is 6.50. The van der Waals surface area contributed by atoms with Gasteiger partial charge in [0.05, 0.1) is 12.1 Å². The number of tetrazole rings is 1. The van der Waals surface area contributed by atoms with E-state index in [-0.39, 0.29) is 4.88 Å². The van der Waals surface area contributed by atoms with Gasteiger partial charge < -0.3 is 16.2 Å². The van der Waals surface area contributed by atoms with Crippen molar-refractivity contribution in [3.05, 3.63) is 22.7 Å². The van der Waals surface area contributed by atoms with Gasteiger partial charge in [-0.2, -0.15) is 4.68 Å². The van der Waals surface area contributed by atoms with Crippen molar-refractivity contribution in [3.63, 3.8) is 0 Å². The van der Waals surface area contributed by atoms with Gasteiger partial charge in [0.1, 0.15) is 17.2 Å². The third-order valence-electron chi connectivity index (χ3n) is 2.46. The second kappa shape index (κ2) is 6.09. The number of nitrogens with zero attached hydrogens (tertiary/aromatic N) is 4. The molecule has 2 aromatic heterocycles. The summed E-state index contributed by atoms with van der Waals surface area (Å²) in [4.78, 5) is 34.2. The lowest BCUT2D eigenvalue weighted by Crippen LogP contribution is -2.43. The maximum atomic E-state index is 12.1. The standard InChI is InChI=1S/C10H10N6O4S/c11-7(17)3-5(10(19)20)13-9(18)8-6(1-2-21-8)16-4-12-14-15-16/h1-2,4-5H,3H2,(H2,11,17)(H,13,18)(H,19,20)/t5-/m1/s1. The van der Waals surface area contributed by atoms with Crippen LogP contribution in [0, 0.1) is 0 Å². The first-order chi connectivity index (χ1) is 9.99. The van der Waals surface area contributed by atoms with Crippen molar-refractivity contribution in [2.24, 2.45) is 5.73 Å². The van der Waals surface area contributed by atoms with Crippen LogP contribution in [0.3, 0.4) is 0 Å². The summed E-state index contributed by atoms with van der Waals surface area (Å²) in [7, 11) is 0. The quantitative estimate of drug-likeness (QED) is 0.604. The fourth-order valence-corrected chi connectivity index (χ4v) is 2.33. The lowest BCUT2D eigenvalue weighted by molar-refractivity contribution is -0.140. The van der Waals surface area contributed by atoms with Crippen LogP contribution in [-0.4, -0.2) is 49.1 Å². The highest BCUT2D eigenvalue weighted by Crippen LogP contribution is 2.20. The molecule has 2 amide bonds. The Morgan fingerprint density at radius 2 is 2.24 bits per heavy atom. The van der Waals surface area contributed by atoms with Crippen molar-refractivity contribution in [2.75, 3.05) is 0 Å². The van der Waals surface area contributed by atoms with Gasteiger partial charge in [0.25, 0.3) is 5.91 Å². The van der Waals surface area contributed by atoms with Crippen LogP contribution in [0.25, 0.3) is 5.69 Å². The molecule has 0 saturated carbocycles. The van der Waals surface area contributed by atoms with Gasteiger partial charge in [-0.25, -0.2) is 4.79 Å². The van der Waals surface area contributed by atoms with E-state index in [1.165, 1.54) is 11.0 Å². The fourth-order valence-electron chi connectivity index (χ4n) is 1.55. The summed E-state index contributed by atoms with van der Waals surface area (Å²) in [5.41, 5.74) is 5.36. The van der Waals surface area contributed by atoms with Gasteiger partial charge in [-0.05, 0) is 21.9 Å². The van der Waals surface area contributed by atoms with Gasteiger partial charge in [0.2, 0.25) is 5.91 Å². The van der Waals surface area contributed by atoms with E-state index >= 15 is 0 Å². The maximum absolute atomic E-state index is 12.1. The molecule has 10 nitrogen and oxygen atoms in total. The number of aliphatic carboxylic acids is 1. The van der Waals surface area contributed by atoms with Gasteiger partial charge in [-0.1, -0.05) is 0 Å². The van der Waals surface area contributed by atoms with Gasteiger partial charge >= 0.3 is 5.97 Å². The summed E-state index contributed by atoms with van der Waals surface area (Å²) in [6, 6.07) is 0.221. The van der Waals surface area contributed by atoms with E-state index in [4.69, 9.17) is 10.8 Å². The Kier molecular flexibility index (Phi) is 4.23. The molecular weight excluding hydrogens is 300 g/mol. The highest BCUT2D eigenvalue weighted by molar-refractivity contribution is 7.12. The second-order valence-corrected chi connectivity index (χ2v) is 4.84. The number of aromatic nitrogens is 4. The number of hydrogen-bond donors (Lipinski definition) is 3. The Balaban J connectivity index is 2.19. The average Bonchev–Trinajstić information content (AvgIpc) is 3.07. The monoisotopic (exact) mass is 310 g/mol. The molecule has 21 heavy (non-hydrogen) atoms. The first kappa shape index (κ1) is 14.6. The minimum atomic E-state index is -1.39. The summed E-state index contributed by atoms with van der Waals surface area (Å²) in [6.45, 7) is 0. The van der Waals surface area contributed by atoms with E-state index < -0.39 is 30.2 Å². The summed E-state index contributed by atoms with van der Waals surface area (Å²) in [6.07, 6.45) is 0.809. The second-order valence-electron chi connectivity index (χ2n) is 3.92. The molecule has 0 spiro atoms. The number of hydrogen-bond acceptors (Lipinski definition) is 7. The molecule has 0 aliphatic carbocycles. The van der Waals surface area contributed by atoms with Crippen LogP contribution in [0.15, 0.2) is 17.8 Å². The Bertz CT molecular complexity index is 667. The Labute approximate surface area is 121 Å². The molecule has 0 saturated heterocycles. The predicted molar refractivity (Wildman–Crippen MR) is 69.7 cm³/mol. The summed E-state index contributed by atoms with van der Waals surface area (Å²) in [5.74, 6) is -2.82. The van der Waals surface area contributed by atoms with Crippen LogP contribution < -0.4 is 11.1 Å². The SMILES string of the molecule is NC(=O)C[C@@H](NC(=O)c1sccc1-n1cnnn1)C(=O)O. The smallest absolute Gasteiger partial charge is 0.326 e. The van der Waals surface area contributed by atoms with Gasteiger partial charge in [-0.3, -0.25) is 9.59 Å². The minimum absolute atomic E-state index is 0.220. The van der Waals surface area contributed by atoms with Crippen molar-refractivity contribution >= 4 is 29.1 Å². The molecule has 0 radical (unpaired) electrons. The highest BCUT2D eigenvalue weighted by atomic mass is 32.1. The number of nitrogens with one attached hydrogen (secondary N) is 1. The zero-order valence-corrected chi connectivity index (χ0v) is 11.3. The number of amides is 2. The highest BCUT2D eigenvalue weighted by Gasteiger charge is 2.25. The lowest BCUT2D eigenvalue weighted by atomic mass is 10.2. The zero-order valence-electron chi connectivity index (χ0n) is 10.5. The van der Waals surface area contributed by atoms with Crippen LogP contribution in [-0.2, 0) is 9.59 Å². The third kappa shape index (κ3) is 3.39. The number of thiophene rings is 1. The van der Waals surface area contributed by atoms with E-state index in [9.17, 15) is 14.4 Å². The van der Waals surface area contributed by atoms with Crippen LogP contribution >= 0.6 is 11.3 Å². The molecule has 0 aliphatic rings. The van der Waals surface area contributed by atoms with Crippen molar-refractivity contribution in [3.8, 4) is 5.69 Å². The fraction of sp³-hybridized carbons (Fsp3) is 0.200. The number of carboxylic acids is 1. The van der Waals surface area contributed by atoms with E-state index in [2.05, 4.69) is 20.8 Å². The molecule has 0 bridgehead atoms. The Morgan fingerprint density at radius 3 is 2.81 bits per heavy atom. The molecule has 0 aromatic carbocycles. The molecule has 11 heteroatoms. The van der Waals surface area contributed by atoms with Crippen LogP contribution in [0.2, 0.25) is 0 Å². The van der Waals surface area contributed by atoms with Crippen LogP contribution in [0.4, 0.5) is 0 Å². The van der Waals surface area contributed by atoms with Gasteiger partial charge in [0.15, 0.2) is 0 Å². The normalized spacial score (nSPS) is 11.8. The molecule has 2 rings (SSSR count). The maximum Gasteiger partial charge on any atom is 0.326 e. The molecule has 0 unspecified atom stereocenters. The molecule has 2 heterocycles. The Morgan fingerprint density at radius 1 is 1.48 bits per heavy atom. The molecule has 0 fully saturated rings. The average molecular weight is 310 g/mol. The summed E-state index contributed by atoms with van der Waals surface area (Å²) >= 11 is 1.09. The van der Waals surface area contributed by atoms with E-state index in [1.807, 2.05) is 0 Å². The number of carboxylic acid groups (broad SMARTS) is 1. The van der Waals surface area contributed by atoms with E-state index in [0.717, 1.165) is 11.3 Å². The van der Waals surface area contributed by atoms with Crippen LogP contribution in [0.5, 0.6) is 0 Å². The molecule has 110 valence electrons. The van der Waals surface area contributed by atoms with Crippen LogP contribution in [0.1, 0.15) is 16.1 Å². The van der Waals surface area contributed by atoms with Crippen molar-refractivity contribution in [1.29, 1.82) is 0 Å². The summed E-state index contributed by atoms with van der Waals surface area (Å²) in [5, 5.41) is 23.4. The topological polar surface area (TPSA) is 153 Å². The number of carbonyl (C=O) groups excluding carboxylic acids is 2. The largest absolute Gasteiger partial charge is 0.480 e. The Hall–Kier alpha value is -2.82. The third-order valence-corrected chi connectivity index (χ3v) is 3.36. The number of rotatable bonds is 6. The molecule has 1 atom stereocenters. The lowest BCUT2D eigenvalue weighted by Gasteiger charge is -2.12. The minimum Gasteiger partial charge on any atom is -0.480 e. The van der Waals surface area contributed by atoms with E-state index in [0.29, 0.717) is 5.69 Å². The molecular formula is C10H10N6O4S. The van der Waals surface area contributed by atoms with Gasteiger partial charge in [-0.15, -0.1) is 16.4 Å². The molecule has 0 aliphatic heterocycles. The number of primary amides is 1. The first-order valence-electron chi connectivity index (χ1n) is 5.62. The molecule has 2 aromatic rings. The number of nitrogens with two attached hydrogens (primary N) is 1. The van der Waals surface area contributed by atoms with Crippen molar-refractivity contribution in [1.82, 2.24) is 25.5 Å². The van der Waals surface area contributed by atoms with E-state index in [1.54, 1.807) is 11.4 Å². The molecule has 4 N–H and O–H groups in total. The zero-order chi connectivity index (χ0) is 15.4. The van der Waals surface area contributed by atoms with Crippen molar-refractivity contribution < 1.29 is 19.5 Å². The predicted octanol–water partition coefficient (Wildman–Crippen LogP) is -1.22.